The number of fused-ring (bicyclic) bond motifs is 1. The second-order valence-electron chi connectivity index (χ2n) is 6.26. The second-order valence-corrected chi connectivity index (χ2v) is 6.26. The molecule has 1 aliphatic heterocycles. The van der Waals surface area contributed by atoms with Crippen LogP contribution in [-0.2, 0) is 20.0 Å². The zero-order chi connectivity index (χ0) is 16.7. The zero-order valence-corrected chi connectivity index (χ0v) is 13.7. The molecular weight excluding hydrogens is 300 g/mol. The van der Waals surface area contributed by atoms with Gasteiger partial charge in [-0.3, -0.25) is 14.5 Å². The molecule has 120 valence electrons. The first-order chi connectivity index (χ1) is 11.6. The number of carbonyl (C=O) groups excluding carboxylic acids is 1. The standard InChI is InChI=1S/C19H18N4O/c1-22-12-15-5-3-13(10-16(15)19(22)24)9-14-4-6-17(20-11-14)18-7-8-23(2)21-18/h3-8,10-11H,9,12H2,1-2H3. The Morgan fingerprint density at radius 2 is 1.88 bits per heavy atom. The van der Waals surface area contributed by atoms with Crippen molar-refractivity contribution >= 4 is 5.91 Å². The number of carbonyl (C=O) groups is 1. The molecule has 0 bridgehead atoms. The Balaban J connectivity index is 1.55. The number of hydrogen-bond donors (Lipinski definition) is 0. The fourth-order valence-electron chi connectivity index (χ4n) is 3.07. The highest BCUT2D eigenvalue weighted by atomic mass is 16.2. The molecule has 0 fully saturated rings. The molecule has 0 spiro atoms. The predicted octanol–water partition coefficient (Wildman–Crippen LogP) is 2.66. The van der Waals surface area contributed by atoms with Crippen LogP contribution in [0.15, 0.2) is 48.8 Å². The van der Waals surface area contributed by atoms with Gasteiger partial charge >= 0.3 is 0 Å². The highest BCUT2D eigenvalue weighted by Gasteiger charge is 2.24. The molecule has 24 heavy (non-hydrogen) atoms. The first-order valence-corrected chi connectivity index (χ1v) is 7.92. The number of hydrogen-bond acceptors (Lipinski definition) is 3. The van der Waals surface area contributed by atoms with Crippen LogP contribution >= 0.6 is 0 Å². The topological polar surface area (TPSA) is 51.0 Å². The maximum atomic E-state index is 12.1. The number of rotatable bonds is 3. The molecule has 1 amide bonds. The van der Waals surface area contributed by atoms with E-state index in [0.717, 1.165) is 40.1 Å². The van der Waals surface area contributed by atoms with Crippen molar-refractivity contribution in [2.45, 2.75) is 13.0 Å². The number of benzene rings is 1. The lowest BCUT2D eigenvalue weighted by atomic mass is 10.0. The molecule has 0 radical (unpaired) electrons. The average molecular weight is 318 g/mol. The lowest BCUT2D eigenvalue weighted by Gasteiger charge is -2.05. The van der Waals surface area contributed by atoms with Gasteiger partial charge in [0.2, 0.25) is 0 Å². The van der Waals surface area contributed by atoms with Gasteiger partial charge in [-0.05, 0) is 41.3 Å². The molecule has 4 rings (SSSR count). The van der Waals surface area contributed by atoms with Crippen molar-refractivity contribution in [2.24, 2.45) is 7.05 Å². The van der Waals surface area contributed by atoms with E-state index in [-0.39, 0.29) is 5.91 Å². The summed E-state index contributed by atoms with van der Waals surface area (Å²) in [5, 5.41) is 4.36. The van der Waals surface area contributed by atoms with E-state index in [2.05, 4.69) is 28.3 Å². The number of amides is 1. The molecule has 0 aliphatic carbocycles. The number of nitrogens with zero attached hydrogens (tertiary/aromatic N) is 4. The Bertz CT molecular complexity index is 911. The van der Waals surface area contributed by atoms with E-state index in [1.165, 1.54) is 0 Å². The summed E-state index contributed by atoms with van der Waals surface area (Å²) in [6, 6.07) is 12.2. The molecule has 5 nitrogen and oxygen atoms in total. The average Bonchev–Trinajstić information content (AvgIpc) is 3.13. The van der Waals surface area contributed by atoms with Crippen molar-refractivity contribution in [1.82, 2.24) is 19.7 Å². The summed E-state index contributed by atoms with van der Waals surface area (Å²) in [7, 11) is 3.73. The van der Waals surface area contributed by atoms with Crippen molar-refractivity contribution in [3.63, 3.8) is 0 Å². The summed E-state index contributed by atoms with van der Waals surface area (Å²) >= 11 is 0. The summed E-state index contributed by atoms with van der Waals surface area (Å²) < 4.78 is 1.77. The number of pyridine rings is 1. The maximum Gasteiger partial charge on any atom is 0.254 e. The quantitative estimate of drug-likeness (QED) is 0.746. The Hall–Kier alpha value is -2.95. The van der Waals surface area contributed by atoms with Crippen molar-refractivity contribution < 1.29 is 4.79 Å². The highest BCUT2D eigenvalue weighted by molar-refractivity contribution is 5.98. The van der Waals surface area contributed by atoms with Gasteiger partial charge < -0.3 is 4.90 Å². The van der Waals surface area contributed by atoms with E-state index in [9.17, 15) is 4.79 Å². The minimum Gasteiger partial charge on any atom is -0.337 e. The minimum absolute atomic E-state index is 0.107. The molecule has 5 heteroatoms. The Labute approximate surface area is 140 Å². The third kappa shape index (κ3) is 2.58. The van der Waals surface area contributed by atoms with Gasteiger partial charge in [0.1, 0.15) is 5.69 Å². The molecule has 3 heterocycles. The van der Waals surface area contributed by atoms with Crippen LogP contribution in [0.4, 0.5) is 0 Å². The van der Waals surface area contributed by atoms with Gasteiger partial charge in [0, 0.05) is 38.6 Å². The summed E-state index contributed by atoms with van der Waals surface area (Å²) in [5.74, 6) is 0.107. The van der Waals surface area contributed by atoms with Gasteiger partial charge in [-0.15, -0.1) is 0 Å². The number of aromatic nitrogens is 3. The van der Waals surface area contributed by atoms with Gasteiger partial charge in [-0.2, -0.15) is 5.10 Å². The Morgan fingerprint density at radius 3 is 2.58 bits per heavy atom. The van der Waals surface area contributed by atoms with Gasteiger partial charge in [0.05, 0.1) is 5.69 Å². The summed E-state index contributed by atoms with van der Waals surface area (Å²) in [4.78, 5) is 18.4. The van der Waals surface area contributed by atoms with Crippen LogP contribution in [0.1, 0.15) is 27.0 Å². The first kappa shape index (κ1) is 14.6. The molecule has 0 saturated heterocycles. The van der Waals surface area contributed by atoms with Crippen molar-refractivity contribution in [3.05, 3.63) is 71.0 Å². The SMILES string of the molecule is CN1Cc2ccc(Cc3ccc(-c4ccn(C)n4)nc3)cc2C1=O. The van der Waals surface area contributed by atoms with Gasteiger partial charge in [0.25, 0.3) is 5.91 Å². The van der Waals surface area contributed by atoms with Crippen LogP contribution in [0, 0.1) is 0 Å². The maximum absolute atomic E-state index is 12.1. The molecule has 1 aliphatic rings. The normalized spacial score (nSPS) is 13.4. The second kappa shape index (κ2) is 5.60. The molecule has 3 aromatic rings. The molecular formula is C19H18N4O. The van der Waals surface area contributed by atoms with Crippen LogP contribution in [0.5, 0.6) is 0 Å². The minimum atomic E-state index is 0.107. The third-order valence-corrected chi connectivity index (χ3v) is 4.37. The van der Waals surface area contributed by atoms with Crippen LogP contribution in [0.2, 0.25) is 0 Å². The van der Waals surface area contributed by atoms with E-state index < -0.39 is 0 Å². The van der Waals surface area contributed by atoms with E-state index in [0.29, 0.717) is 6.54 Å². The molecule has 0 unspecified atom stereocenters. The molecule has 0 N–H and O–H groups in total. The van der Waals surface area contributed by atoms with E-state index >= 15 is 0 Å². The molecule has 2 aromatic heterocycles. The van der Waals surface area contributed by atoms with Gasteiger partial charge in [-0.1, -0.05) is 18.2 Å². The molecule has 0 atom stereocenters. The zero-order valence-electron chi connectivity index (χ0n) is 13.7. The van der Waals surface area contributed by atoms with Crippen LogP contribution in [0.3, 0.4) is 0 Å². The molecule has 0 saturated carbocycles. The summed E-state index contributed by atoms with van der Waals surface area (Å²) in [6.07, 6.45) is 4.55. The Kier molecular flexibility index (Phi) is 3.41. The lowest BCUT2D eigenvalue weighted by Crippen LogP contribution is -2.17. The summed E-state index contributed by atoms with van der Waals surface area (Å²) in [6.45, 7) is 0.703. The largest absolute Gasteiger partial charge is 0.337 e. The molecule has 1 aromatic carbocycles. The monoisotopic (exact) mass is 318 g/mol. The van der Waals surface area contributed by atoms with Crippen LogP contribution < -0.4 is 0 Å². The van der Waals surface area contributed by atoms with E-state index in [1.807, 2.05) is 44.7 Å². The smallest absolute Gasteiger partial charge is 0.254 e. The van der Waals surface area contributed by atoms with E-state index in [4.69, 9.17) is 0 Å². The third-order valence-electron chi connectivity index (χ3n) is 4.37. The fraction of sp³-hybridized carbons (Fsp3) is 0.211. The van der Waals surface area contributed by atoms with Gasteiger partial charge in [0.15, 0.2) is 0 Å². The van der Waals surface area contributed by atoms with Crippen molar-refractivity contribution in [2.75, 3.05) is 7.05 Å². The van der Waals surface area contributed by atoms with Crippen LogP contribution in [0.25, 0.3) is 11.4 Å². The predicted molar refractivity (Wildman–Crippen MR) is 91.5 cm³/mol. The number of aryl methyl sites for hydroxylation is 1. The van der Waals surface area contributed by atoms with Crippen molar-refractivity contribution in [3.8, 4) is 11.4 Å². The fourth-order valence-corrected chi connectivity index (χ4v) is 3.07. The lowest BCUT2D eigenvalue weighted by molar-refractivity contribution is 0.0816. The van der Waals surface area contributed by atoms with Crippen molar-refractivity contribution in [1.29, 1.82) is 0 Å². The van der Waals surface area contributed by atoms with Gasteiger partial charge in [-0.25, -0.2) is 0 Å². The summed E-state index contributed by atoms with van der Waals surface area (Å²) in [5.41, 5.74) is 5.92. The van der Waals surface area contributed by atoms with E-state index in [1.54, 1.807) is 9.58 Å². The van der Waals surface area contributed by atoms with Crippen LogP contribution in [-0.4, -0.2) is 32.6 Å². The first-order valence-electron chi connectivity index (χ1n) is 7.92. The highest BCUT2D eigenvalue weighted by Crippen LogP contribution is 2.24. The Morgan fingerprint density at radius 1 is 1.04 bits per heavy atom.